The molecular weight excluding hydrogens is 330 g/mol. The number of benzene rings is 2. The quantitative estimate of drug-likeness (QED) is 0.528. The lowest BCUT2D eigenvalue weighted by Gasteiger charge is -2.06. The molecule has 4 nitrogen and oxygen atoms in total. The molecule has 0 aliphatic heterocycles. The van der Waals surface area contributed by atoms with Gasteiger partial charge in [-0.3, -0.25) is 0 Å². The van der Waals surface area contributed by atoms with Crippen molar-refractivity contribution in [3.05, 3.63) is 72.4 Å². The van der Waals surface area contributed by atoms with E-state index in [-0.39, 0.29) is 0 Å². The van der Waals surface area contributed by atoms with E-state index in [1.54, 1.807) is 18.9 Å². The van der Waals surface area contributed by atoms with Gasteiger partial charge in [0.1, 0.15) is 10.8 Å². The van der Waals surface area contributed by atoms with Crippen molar-refractivity contribution in [1.82, 2.24) is 14.6 Å². The maximum absolute atomic E-state index is 5.41. The minimum atomic E-state index is 0.833. The summed E-state index contributed by atoms with van der Waals surface area (Å²) in [6.07, 6.45) is 1.96. The first-order valence-electron chi connectivity index (χ1n) is 7.97. The third-order valence-electron chi connectivity index (χ3n) is 3.93. The van der Waals surface area contributed by atoms with Crippen molar-refractivity contribution in [2.45, 2.75) is 16.8 Å². The van der Waals surface area contributed by atoms with Crippen LogP contribution in [0.5, 0.6) is 5.75 Å². The number of imidazole rings is 1. The van der Waals surface area contributed by atoms with Crippen LogP contribution in [0.2, 0.25) is 0 Å². The molecule has 0 unspecified atom stereocenters. The van der Waals surface area contributed by atoms with E-state index >= 15 is 0 Å². The van der Waals surface area contributed by atoms with E-state index in [0.29, 0.717) is 0 Å². The van der Waals surface area contributed by atoms with Crippen LogP contribution >= 0.6 is 11.8 Å². The van der Waals surface area contributed by atoms with Gasteiger partial charge in [-0.05, 0) is 31.2 Å². The Morgan fingerprint density at radius 1 is 0.960 bits per heavy atom. The summed E-state index contributed by atoms with van der Waals surface area (Å²) in [5, 5.41) is 5.56. The standard InChI is InChI=1S/C20H17N3OS/c1-14-7-9-15(10-8-14)16-13-23-19(21-16)11-12-20(22-23)25-18-6-4-3-5-17(18)24-2/h3-13H,1-2H3. The van der Waals surface area contributed by atoms with Crippen LogP contribution in [-0.2, 0) is 0 Å². The fraction of sp³-hybridized carbons (Fsp3) is 0.100. The monoisotopic (exact) mass is 347 g/mol. The summed E-state index contributed by atoms with van der Waals surface area (Å²) in [6.45, 7) is 2.08. The minimum Gasteiger partial charge on any atom is -0.496 e. The van der Waals surface area contributed by atoms with Crippen molar-refractivity contribution in [3.63, 3.8) is 0 Å². The van der Waals surface area contributed by atoms with E-state index in [4.69, 9.17) is 4.74 Å². The fourth-order valence-electron chi connectivity index (χ4n) is 2.60. The normalized spacial score (nSPS) is 11.0. The molecule has 0 fully saturated rings. The van der Waals surface area contributed by atoms with Crippen molar-refractivity contribution in [1.29, 1.82) is 0 Å². The minimum absolute atomic E-state index is 0.833. The molecular formula is C20H17N3OS. The summed E-state index contributed by atoms with van der Waals surface area (Å²) >= 11 is 1.58. The zero-order chi connectivity index (χ0) is 17.2. The van der Waals surface area contributed by atoms with Crippen LogP contribution in [-0.4, -0.2) is 21.7 Å². The van der Waals surface area contributed by atoms with Gasteiger partial charge in [-0.1, -0.05) is 53.7 Å². The molecule has 0 saturated carbocycles. The van der Waals surface area contributed by atoms with E-state index < -0.39 is 0 Å². The molecule has 124 valence electrons. The summed E-state index contributed by atoms with van der Waals surface area (Å²) < 4.78 is 7.24. The predicted octanol–water partition coefficient (Wildman–Crippen LogP) is 4.86. The Morgan fingerprint density at radius 2 is 1.76 bits per heavy atom. The number of nitrogens with zero attached hydrogens (tertiary/aromatic N) is 3. The number of methoxy groups -OCH3 is 1. The number of rotatable bonds is 4. The van der Waals surface area contributed by atoms with Crippen LogP contribution in [0.1, 0.15) is 5.56 Å². The van der Waals surface area contributed by atoms with Gasteiger partial charge in [0.05, 0.1) is 23.9 Å². The van der Waals surface area contributed by atoms with Crippen LogP contribution in [0.3, 0.4) is 0 Å². The SMILES string of the molecule is COc1ccccc1Sc1ccc2nc(-c3ccc(C)cc3)cn2n1. The highest BCUT2D eigenvalue weighted by molar-refractivity contribution is 7.99. The Labute approximate surface area is 150 Å². The first-order chi connectivity index (χ1) is 12.2. The fourth-order valence-corrected chi connectivity index (χ4v) is 3.49. The van der Waals surface area contributed by atoms with Crippen LogP contribution in [0.15, 0.2) is 76.8 Å². The van der Waals surface area contributed by atoms with Gasteiger partial charge in [0.25, 0.3) is 0 Å². The molecule has 0 atom stereocenters. The molecule has 0 bridgehead atoms. The average Bonchev–Trinajstić information content (AvgIpc) is 3.06. The summed E-state index contributed by atoms with van der Waals surface area (Å²) in [7, 11) is 1.68. The first kappa shape index (κ1) is 15.7. The molecule has 4 aromatic rings. The van der Waals surface area contributed by atoms with Crippen LogP contribution in [0.25, 0.3) is 16.9 Å². The molecule has 25 heavy (non-hydrogen) atoms. The largest absolute Gasteiger partial charge is 0.496 e. The average molecular weight is 347 g/mol. The number of hydrogen-bond acceptors (Lipinski definition) is 4. The van der Waals surface area contributed by atoms with Gasteiger partial charge in [-0.25, -0.2) is 9.50 Å². The van der Waals surface area contributed by atoms with Gasteiger partial charge in [0.15, 0.2) is 5.65 Å². The summed E-state index contributed by atoms with van der Waals surface area (Å²) in [6, 6.07) is 20.3. The third-order valence-corrected chi connectivity index (χ3v) is 4.91. The Bertz CT molecular complexity index is 1020. The van der Waals surface area contributed by atoms with E-state index in [1.165, 1.54) is 5.56 Å². The Hall–Kier alpha value is -2.79. The molecule has 5 heteroatoms. The topological polar surface area (TPSA) is 39.4 Å². The van der Waals surface area contributed by atoms with Gasteiger partial charge in [-0.15, -0.1) is 0 Å². The van der Waals surface area contributed by atoms with Gasteiger partial charge < -0.3 is 4.74 Å². The summed E-state index contributed by atoms with van der Waals surface area (Å²) in [5.41, 5.74) is 4.09. The molecule has 2 aromatic carbocycles. The zero-order valence-electron chi connectivity index (χ0n) is 14.0. The highest BCUT2D eigenvalue weighted by Crippen LogP contribution is 2.33. The number of aromatic nitrogens is 3. The molecule has 0 amide bonds. The van der Waals surface area contributed by atoms with Crippen molar-refractivity contribution in [3.8, 4) is 17.0 Å². The molecule has 0 saturated heterocycles. The second-order valence-corrected chi connectivity index (χ2v) is 6.78. The molecule has 2 heterocycles. The number of ether oxygens (including phenoxy) is 1. The van der Waals surface area contributed by atoms with Gasteiger partial charge >= 0.3 is 0 Å². The summed E-state index contributed by atoms with van der Waals surface area (Å²) in [5.74, 6) is 0.848. The Morgan fingerprint density at radius 3 is 2.56 bits per heavy atom. The van der Waals surface area contributed by atoms with E-state index in [9.17, 15) is 0 Å². The highest BCUT2D eigenvalue weighted by Gasteiger charge is 2.09. The molecule has 2 aromatic heterocycles. The lowest BCUT2D eigenvalue weighted by molar-refractivity contribution is 0.405. The van der Waals surface area contributed by atoms with Gasteiger partial charge in [0.2, 0.25) is 0 Å². The van der Waals surface area contributed by atoms with Crippen molar-refractivity contribution in [2.24, 2.45) is 0 Å². The molecule has 0 N–H and O–H groups in total. The van der Waals surface area contributed by atoms with Crippen LogP contribution in [0.4, 0.5) is 0 Å². The Kier molecular flexibility index (Phi) is 4.15. The highest BCUT2D eigenvalue weighted by atomic mass is 32.2. The Balaban J connectivity index is 1.67. The van der Waals surface area contributed by atoms with Crippen molar-refractivity contribution in [2.75, 3.05) is 7.11 Å². The molecule has 0 radical (unpaired) electrons. The second kappa shape index (κ2) is 6.61. The molecule has 4 rings (SSSR count). The number of fused-ring (bicyclic) bond motifs is 1. The van der Waals surface area contributed by atoms with Gasteiger partial charge in [-0.2, -0.15) is 5.10 Å². The first-order valence-corrected chi connectivity index (χ1v) is 8.79. The van der Waals surface area contributed by atoms with Crippen LogP contribution in [0, 0.1) is 6.92 Å². The second-order valence-electron chi connectivity index (χ2n) is 5.72. The molecule has 0 aliphatic carbocycles. The number of para-hydroxylation sites is 1. The third kappa shape index (κ3) is 3.23. The smallest absolute Gasteiger partial charge is 0.154 e. The predicted molar refractivity (Wildman–Crippen MR) is 100 cm³/mol. The van der Waals surface area contributed by atoms with E-state index in [1.807, 2.05) is 47.1 Å². The van der Waals surface area contributed by atoms with Crippen molar-refractivity contribution >= 4 is 17.4 Å². The molecule has 0 spiro atoms. The van der Waals surface area contributed by atoms with Crippen LogP contribution < -0.4 is 4.74 Å². The lowest BCUT2D eigenvalue weighted by atomic mass is 10.1. The van der Waals surface area contributed by atoms with Crippen molar-refractivity contribution < 1.29 is 4.74 Å². The number of hydrogen-bond donors (Lipinski definition) is 0. The summed E-state index contributed by atoms with van der Waals surface area (Å²) in [4.78, 5) is 5.70. The maximum Gasteiger partial charge on any atom is 0.154 e. The number of aryl methyl sites for hydroxylation is 1. The maximum atomic E-state index is 5.41. The van der Waals surface area contributed by atoms with E-state index in [0.717, 1.165) is 32.6 Å². The lowest BCUT2D eigenvalue weighted by Crippen LogP contribution is -1.92. The zero-order valence-corrected chi connectivity index (χ0v) is 14.8. The van der Waals surface area contributed by atoms with E-state index in [2.05, 4.69) is 41.3 Å². The molecule has 0 aliphatic rings. The van der Waals surface area contributed by atoms with Gasteiger partial charge in [0, 0.05) is 5.56 Å².